The van der Waals surface area contributed by atoms with Crippen LogP contribution in [0.4, 0.5) is 25.8 Å². The minimum atomic E-state index is -2.78. The summed E-state index contributed by atoms with van der Waals surface area (Å²) in [6.45, 7) is 6.89. The Morgan fingerprint density at radius 1 is 0.908 bits per heavy atom. The number of amides is 5. The summed E-state index contributed by atoms with van der Waals surface area (Å²) in [5.41, 5.74) is 10.5. The average molecular weight is 899 g/mol. The molecular weight excluding hydrogens is 839 g/mol. The molecule has 3 saturated heterocycles. The lowest BCUT2D eigenvalue weighted by Gasteiger charge is -2.39. The summed E-state index contributed by atoms with van der Waals surface area (Å²) >= 11 is 0. The van der Waals surface area contributed by atoms with E-state index in [4.69, 9.17) is 5.73 Å². The molecular formula is C46H60F2N12O5. The van der Waals surface area contributed by atoms with Crippen LogP contribution in [0, 0.1) is 5.41 Å². The van der Waals surface area contributed by atoms with E-state index >= 15 is 0 Å². The highest BCUT2D eigenvalue weighted by Gasteiger charge is 2.33. The van der Waals surface area contributed by atoms with Gasteiger partial charge in [-0.3, -0.25) is 49.5 Å². The first-order valence-electron chi connectivity index (χ1n) is 22.4. The standard InChI is InChI=1S/C46H60F2N12O5/c1-29(61)59-16-12-38(37(26-59)45(50)60-13-4-5-30-21-35(31(24-49)25-51-2)36(44(47)48)23-40(30)60)52-32-10-14-58(15-11-32)43(64)28-57-19-17-56(18-20-57)27-42(63)54-34-7-3-6-33(22-34)53-39-8-9-41(62)55-46(39)65/h3,6-7,21-25,32,39,44,50,52-53H,4-5,8-20,26-28,49H2,1-2H3,(H,54,63)(H,55,62,65). The Morgan fingerprint density at radius 3 is 2.31 bits per heavy atom. The van der Waals surface area contributed by atoms with Gasteiger partial charge in [-0.15, -0.1) is 0 Å². The third-order valence-corrected chi connectivity index (χ3v) is 12.9. The highest BCUT2D eigenvalue weighted by Crippen LogP contribution is 2.38. The van der Waals surface area contributed by atoms with Gasteiger partial charge in [0.15, 0.2) is 0 Å². The molecule has 5 aliphatic rings. The van der Waals surface area contributed by atoms with Crippen LogP contribution >= 0.6 is 0 Å². The van der Waals surface area contributed by atoms with E-state index in [1.165, 1.54) is 25.4 Å². The van der Waals surface area contributed by atoms with Gasteiger partial charge in [0.1, 0.15) is 11.9 Å². The van der Waals surface area contributed by atoms with E-state index in [1.54, 1.807) is 47.2 Å². The maximum Gasteiger partial charge on any atom is 0.264 e. The molecule has 5 aliphatic heterocycles. The van der Waals surface area contributed by atoms with Crippen molar-refractivity contribution in [3.63, 3.8) is 0 Å². The van der Waals surface area contributed by atoms with Crippen molar-refractivity contribution in [2.45, 2.75) is 70.4 Å². The van der Waals surface area contributed by atoms with Gasteiger partial charge in [0.05, 0.1) is 19.6 Å². The number of piperazine rings is 1. The maximum absolute atomic E-state index is 14.5. The SMILES string of the molecule is CN=CC(=CN)c1cc2c(cc1C(F)F)N(C(=N)C1=C(NC3CCN(C(=O)CN4CCN(CC(=O)Nc5cccc(NC6CCC(=O)NC6=O)c5)CC4)CC3)CCN(C(C)=O)C1)CCC2. The fourth-order valence-corrected chi connectivity index (χ4v) is 9.26. The van der Waals surface area contributed by atoms with Gasteiger partial charge in [0, 0.05) is 137 Å². The number of likely N-dealkylation sites (tertiary alicyclic amines) is 1. The van der Waals surface area contributed by atoms with Crippen LogP contribution in [-0.2, 0) is 30.4 Å². The topological polar surface area (TPSA) is 212 Å². The normalized spacial score (nSPS) is 20.5. The predicted molar refractivity (Wildman–Crippen MR) is 246 cm³/mol. The molecule has 7 N–H and O–H groups in total. The van der Waals surface area contributed by atoms with Gasteiger partial charge in [-0.25, -0.2) is 8.78 Å². The van der Waals surface area contributed by atoms with Gasteiger partial charge in [-0.1, -0.05) is 6.07 Å². The number of aliphatic imine (C=N–C) groups is 1. The largest absolute Gasteiger partial charge is 0.404 e. The number of fused-ring (bicyclic) bond motifs is 1. The second-order valence-corrected chi connectivity index (χ2v) is 17.3. The molecule has 348 valence electrons. The number of aryl methyl sites for hydroxylation is 1. The van der Waals surface area contributed by atoms with Crippen molar-refractivity contribution in [3.05, 3.63) is 70.6 Å². The molecule has 1 unspecified atom stereocenters. The van der Waals surface area contributed by atoms with Crippen LogP contribution in [-0.4, -0.2) is 152 Å². The Kier molecular flexibility index (Phi) is 15.2. The van der Waals surface area contributed by atoms with Crippen LogP contribution in [0.1, 0.15) is 68.6 Å². The molecule has 0 bridgehead atoms. The number of benzene rings is 2. The van der Waals surface area contributed by atoms with Crippen LogP contribution in [0.15, 0.2) is 58.9 Å². The predicted octanol–water partition coefficient (Wildman–Crippen LogP) is 2.91. The van der Waals surface area contributed by atoms with E-state index < -0.39 is 12.5 Å². The van der Waals surface area contributed by atoms with Crippen molar-refractivity contribution in [1.82, 2.24) is 30.2 Å². The number of nitrogens with one attached hydrogen (secondary N) is 5. The summed E-state index contributed by atoms with van der Waals surface area (Å²) in [5, 5.41) is 21.6. The van der Waals surface area contributed by atoms with Crippen molar-refractivity contribution >= 4 is 64.2 Å². The van der Waals surface area contributed by atoms with Crippen LogP contribution in [0.2, 0.25) is 0 Å². The number of alkyl halides is 2. The Labute approximate surface area is 378 Å². The maximum atomic E-state index is 14.5. The zero-order valence-corrected chi connectivity index (χ0v) is 37.1. The van der Waals surface area contributed by atoms with Crippen molar-refractivity contribution in [2.75, 3.05) is 94.6 Å². The Morgan fingerprint density at radius 2 is 1.63 bits per heavy atom. The van der Waals surface area contributed by atoms with E-state index in [0.717, 1.165) is 11.3 Å². The minimum Gasteiger partial charge on any atom is -0.404 e. The van der Waals surface area contributed by atoms with Gasteiger partial charge in [0.2, 0.25) is 29.5 Å². The first-order chi connectivity index (χ1) is 31.3. The van der Waals surface area contributed by atoms with Crippen LogP contribution in [0.3, 0.4) is 0 Å². The molecule has 17 nitrogen and oxygen atoms in total. The number of allylic oxidation sites excluding steroid dienone is 1. The number of carbonyl (C=O) groups excluding carboxylic acids is 5. The summed E-state index contributed by atoms with van der Waals surface area (Å²) in [4.78, 5) is 76.3. The second-order valence-electron chi connectivity index (χ2n) is 17.3. The summed E-state index contributed by atoms with van der Waals surface area (Å²) < 4.78 is 29.1. The molecule has 1 atom stereocenters. The number of nitrogens with two attached hydrogens (primary N) is 1. The average Bonchev–Trinajstić information content (AvgIpc) is 3.29. The highest BCUT2D eigenvalue weighted by molar-refractivity contribution is 6.12. The van der Waals surface area contributed by atoms with Crippen LogP contribution in [0.5, 0.6) is 0 Å². The molecule has 65 heavy (non-hydrogen) atoms. The number of hydrogen-bond acceptors (Lipinski definition) is 12. The molecule has 2 aromatic carbocycles. The van der Waals surface area contributed by atoms with Crippen LogP contribution in [0.25, 0.3) is 5.57 Å². The van der Waals surface area contributed by atoms with Gasteiger partial charge in [-0.2, -0.15) is 0 Å². The minimum absolute atomic E-state index is 0.0443. The molecule has 3 fully saturated rings. The van der Waals surface area contributed by atoms with Gasteiger partial charge < -0.3 is 36.4 Å². The first-order valence-corrected chi connectivity index (χ1v) is 22.4. The summed E-state index contributed by atoms with van der Waals surface area (Å²) in [6.07, 6.45) is 3.91. The zero-order chi connectivity index (χ0) is 46.2. The van der Waals surface area contributed by atoms with Crippen molar-refractivity contribution in [3.8, 4) is 0 Å². The third kappa shape index (κ3) is 11.6. The number of rotatable bonds is 13. The number of carbonyl (C=O) groups is 5. The lowest BCUT2D eigenvalue weighted by Crippen LogP contribution is -2.53. The Hall–Kier alpha value is -6.21. The monoisotopic (exact) mass is 898 g/mol. The van der Waals surface area contributed by atoms with Crippen molar-refractivity contribution in [2.24, 2.45) is 10.7 Å². The van der Waals surface area contributed by atoms with E-state index in [2.05, 4.69) is 36.1 Å². The Bertz CT molecular complexity index is 2250. The van der Waals surface area contributed by atoms with Gasteiger partial charge >= 0.3 is 0 Å². The summed E-state index contributed by atoms with van der Waals surface area (Å²) in [6, 6.07) is 9.84. The molecule has 5 amide bonds. The fourth-order valence-electron chi connectivity index (χ4n) is 9.26. The molecule has 0 aliphatic carbocycles. The number of amidine groups is 1. The van der Waals surface area contributed by atoms with Crippen LogP contribution < -0.4 is 31.9 Å². The van der Waals surface area contributed by atoms with Crippen molar-refractivity contribution in [1.29, 1.82) is 5.41 Å². The number of anilines is 3. The number of piperidine rings is 2. The lowest BCUT2D eigenvalue weighted by atomic mass is 9.91. The summed E-state index contributed by atoms with van der Waals surface area (Å²) in [7, 11) is 1.56. The molecule has 7 rings (SSSR count). The molecule has 0 spiro atoms. The van der Waals surface area contributed by atoms with E-state index in [1.807, 2.05) is 4.90 Å². The quantitative estimate of drug-likeness (QED) is 0.0978. The molecule has 0 aromatic heterocycles. The van der Waals surface area contributed by atoms with Gasteiger partial charge in [-0.05, 0) is 73.6 Å². The van der Waals surface area contributed by atoms with Crippen molar-refractivity contribution < 1.29 is 32.8 Å². The Balaban J connectivity index is 0.903. The number of hydrogen-bond donors (Lipinski definition) is 6. The van der Waals surface area contributed by atoms with E-state index in [9.17, 15) is 38.2 Å². The molecule has 19 heteroatoms. The fraction of sp³-hybridized carbons (Fsp3) is 0.500. The first kappa shape index (κ1) is 46.8. The molecule has 0 radical (unpaired) electrons. The number of imide groups is 1. The zero-order valence-electron chi connectivity index (χ0n) is 37.1. The van der Waals surface area contributed by atoms with E-state index in [0.29, 0.717) is 131 Å². The second kappa shape index (κ2) is 21.2. The molecule has 5 heterocycles. The molecule has 0 saturated carbocycles. The lowest BCUT2D eigenvalue weighted by molar-refractivity contribution is -0.135. The third-order valence-electron chi connectivity index (χ3n) is 12.9. The van der Waals surface area contributed by atoms with Gasteiger partial charge in [0.25, 0.3) is 6.43 Å². The van der Waals surface area contributed by atoms with E-state index in [-0.39, 0.29) is 66.5 Å². The highest BCUT2D eigenvalue weighted by atomic mass is 19.3. The smallest absolute Gasteiger partial charge is 0.264 e. The number of halogens is 2. The molecule has 2 aromatic rings. The number of nitrogens with zero attached hydrogens (tertiary/aromatic N) is 6. The summed E-state index contributed by atoms with van der Waals surface area (Å²) in [5.74, 6) is -0.680.